The molecule has 1 saturated heterocycles. The number of hydrogen-bond donors (Lipinski definition) is 1. The van der Waals surface area contributed by atoms with E-state index >= 15 is 0 Å². The van der Waals surface area contributed by atoms with Gasteiger partial charge in [0, 0.05) is 17.5 Å². The third-order valence-electron chi connectivity index (χ3n) is 4.57. The van der Waals surface area contributed by atoms with Crippen LogP contribution in [0.2, 0.25) is 0 Å². The topological polar surface area (TPSA) is 51.5 Å². The van der Waals surface area contributed by atoms with Crippen molar-refractivity contribution in [2.75, 3.05) is 16.8 Å². The Morgan fingerprint density at radius 2 is 2.22 bits per heavy atom. The number of nitrogens with zero attached hydrogens (tertiary/aromatic N) is 3. The van der Waals surface area contributed by atoms with Crippen LogP contribution < -0.4 is 10.1 Å². The number of aromatic nitrogens is 3. The first kappa shape index (κ1) is 18.1. The molecule has 0 spiro atoms. The second-order valence-electron chi connectivity index (χ2n) is 7.06. The van der Waals surface area contributed by atoms with Crippen LogP contribution in [0.1, 0.15) is 38.3 Å². The van der Waals surface area contributed by atoms with Crippen LogP contribution in [0.15, 0.2) is 36.5 Å². The van der Waals surface area contributed by atoms with Crippen molar-refractivity contribution in [3.05, 3.63) is 48.0 Å². The number of benzene rings is 1. The highest BCUT2D eigenvalue weighted by atomic mass is 32.2. The summed E-state index contributed by atoms with van der Waals surface area (Å²) in [5, 5.41) is 7.95. The van der Waals surface area contributed by atoms with Crippen molar-refractivity contribution < 1.29 is 9.13 Å². The van der Waals surface area contributed by atoms with Gasteiger partial charge >= 0.3 is 0 Å². The van der Waals surface area contributed by atoms with E-state index in [0.717, 1.165) is 30.0 Å². The van der Waals surface area contributed by atoms with Crippen LogP contribution in [-0.2, 0) is 0 Å². The maximum absolute atomic E-state index is 13.6. The van der Waals surface area contributed by atoms with Crippen molar-refractivity contribution in [3.8, 4) is 5.88 Å². The molecule has 27 heavy (non-hydrogen) atoms. The van der Waals surface area contributed by atoms with E-state index in [-0.39, 0.29) is 17.8 Å². The Balaban J connectivity index is 1.73. The van der Waals surface area contributed by atoms with Gasteiger partial charge in [-0.25, -0.2) is 13.9 Å². The second kappa shape index (κ2) is 7.76. The van der Waals surface area contributed by atoms with E-state index in [1.165, 1.54) is 17.9 Å². The molecule has 0 radical (unpaired) electrons. The Labute approximate surface area is 162 Å². The third-order valence-corrected chi connectivity index (χ3v) is 5.76. The molecule has 0 bridgehead atoms. The SMILES string of the molecule is CC(C)c1cnc2c(Nc3cccc(F)c3)cc(O[C@H]3CCCSC3)nn12. The molecule has 0 amide bonds. The lowest BCUT2D eigenvalue weighted by Crippen LogP contribution is -2.24. The number of hydrogen-bond acceptors (Lipinski definition) is 5. The van der Waals surface area contributed by atoms with E-state index in [4.69, 9.17) is 4.74 Å². The molecule has 1 aromatic carbocycles. The largest absolute Gasteiger partial charge is 0.472 e. The summed E-state index contributed by atoms with van der Waals surface area (Å²) in [4.78, 5) is 4.53. The molecule has 3 aromatic rings. The van der Waals surface area contributed by atoms with Gasteiger partial charge in [0.15, 0.2) is 5.65 Å². The standard InChI is InChI=1S/C20H23FN4OS/c1-13(2)18-11-22-20-17(23-15-6-3-5-14(21)9-15)10-19(24-25(18)20)26-16-7-4-8-27-12-16/h3,5-6,9-11,13,16,23H,4,7-8,12H2,1-2H3/t16-/m0/s1. The number of rotatable bonds is 5. The van der Waals surface area contributed by atoms with Gasteiger partial charge in [0.05, 0.1) is 17.6 Å². The first-order chi connectivity index (χ1) is 13.1. The summed E-state index contributed by atoms with van der Waals surface area (Å²) in [6.07, 6.45) is 4.21. The third kappa shape index (κ3) is 4.03. The molecule has 1 aliphatic rings. The molecule has 1 N–H and O–H groups in total. The molecule has 0 aliphatic carbocycles. The second-order valence-corrected chi connectivity index (χ2v) is 8.21. The summed E-state index contributed by atoms with van der Waals surface area (Å²) in [6, 6.07) is 8.25. The van der Waals surface area contributed by atoms with E-state index in [1.54, 1.807) is 6.07 Å². The van der Waals surface area contributed by atoms with Gasteiger partial charge in [0.25, 0.3) is 0 Å². The Morgan fingerprint density at radius 1 is 1.33 bits per heavy atom. The molecule has 5 nitrogen and oxygen atoms in total. The Kier molecular flexibility index (Phi) is 5.20. The first-order valence-corrected chi connectivity index (χ1v) is 10.4. The van der Waals surface area contributed by atoms with Gasteiger partial charge in [-0.2, -0.15) is 11.8 Å². The van der Waals surface area contributed by atoms with Crippen molar-refractivity contribution in [1.29, 1.82) is 0 Å². The van der Waals surface area contributed by atoms with Gasteiger partial charge in [-0.1, -0.05) is 19.9 Å². The Hall–Kier alpha value is -2.28. The molecule has 142 valence electrons. The summed E-state index contributed by atoms with van der Waals surface area (Å²) in [6.45, 7) is 4.21. The summed E-state index contributed by atoms with van der Waals surface area (Å²) in [5.41, 5.74) is 3.13. The molecule has 4 rings (SSSR count). The van der Waals surface area contributed by atoms with E-state index in [0.29, 0.717) is 17.2 Å². The highest BCUT2D eigenvalue weighted by molar-refractivity contribution is 7.99. The zero-order valence-corrected chi connectivity index (χ0v) is 16.3. The number of halogens is 1. The maximum atomic E-state index is 13.6. The molecule has 0 saturated carbocycles. The molecular formula is C20H23FN4OS. The van der Waals surface area contributed by atoms with E-state index < -0.39 is 0 Å². The fourth-order valence-electron chi connectivity index (χ4n) is 3.20. The van der Waals surface area contributed by atoms with Crippen LogP contribution in [-0.4, -0.2) is 32.2 Å². The summed E-state index contributed by atoms with van der Waals surface area (Å²) in [5.74, 6) is 2.72. The van der Waals surface area contributed by atoms with Crippen molar-refractivity contribution in [2.45, 2.75) is 38.7 Å². The minimum Gasteiger partial charge on any atom is -0.472 e. The Morgan fingerprint density at radius 3 is 2.96 bits per heavy atom. The number of nitrogens with one attached hydrogen (secondary N) is 1. The Bertz CT molecular complexity index is 937. The molecule has 1 atom stereocenters. The molecule has 2 aromatic heterocycles. The molecule has 1 fully saturated rings. The predicted molar refractivity (Wildman–Crippen MR) is 108 cm³/mol. The smallest absolute Gasteiger partial charge is 0.234 e. The van der Waals surface area contributed by atoms with Crippen molar-refractivity contribution in [3.63, 3.8) is 0 Å². The van der Waals surface area contributed by atoms with E-state index in [2.05, 4.69) is 29.2 Å². The highest BCUT2D eigenvalue weighted by Crippen LogP contribution is 2.29. The molecular weight excluding hydrogens is 363 g/mol. The predicted octanol–water partition coefficient (Wildman–Crippen LogP) is 5.01. The van der Waals surface area contributed by atoms with Crippen LogP contribution in [0.3, 0.4) is 0 Å². The summed E-state index contributed by atoms with van der Waals surface area (Å²) >= 11 is 1.91. The molecule has 0 unspecified atom stereocenters. The van der Waals surface area contributed by atoms with Crippen LogP contribution >= 0.6 is 11.8 Å². The fraction of sp³-hybridized carbons (Fsp3) is 0.400. The zero-order valence-electron chi connectivity index (χ0n) is 15.5. The lowest BCUT2D eigenvalue weighted by Gasteiger charge is -2.22. The van der Waals surface area contributed by atoms with Gasteiger partial charge < -0.3 is 10.1 Å². The van der Waals surface area contributed by atoms with Crippen LogP contribution in [0.25, 0.3) is 5.65 Å². The number of anilines is 2. The highest BCUT2D eigenvalue weighted by Gasteiger charge is 2.19. The first-order valence-electron chi connectivity index (χ1n) is 9.26. The normalized spacial score (nSPS) is 17.4. The van der Waals surface area contributed by atoms with Crippen LogP contribution in [0.4, 0.5) is 15.8 Å². The minimum absolute atomic E-state index is 0.168. The molecule has 3 heterocycles. The summed E-state index contributed by atoms with van der Waals surface area (Å²) < 4.78 is 21.6. The molecule has 7 heteroatoms. The lowest BCUT2D eigenvalue weighted by molar-refractivity contribution is 0.200. The monoisotopic (exact) mass is 386 g/mol. The number of thioether (sulfide) groups is 1. The average Bonchev–Trinajstić information content (AvgIpc) is 3.07. The van der Waals surface area contributed by atoms with Gasteiger partial charge in [0.1, 0.15) is 11.9 Å². The maximum Gasteiger partial charge on any atom is 0.234 e. The van der Waals surface area contributed by atoms with Gasteiger partial charge in [0.2, 0.25) is 5.88 Å². The zero-order chi connectivity index (χ0) is 18.8. The van der Waals surface area contributed by atoms with Crippen molar-refractivity contribution in [1.82, 2.24) is 14.6 Å². The van der Waals surface area contributed by atoms with E-state index in [1.807, 2.05) is 34.6 Å². The van der Waals surface area contributed by atoms with Gasteiger partial charge in [-0.05, 0) is 42.7 Å². The lowest BCUT2D eigenvalue weighted by atomic mass is 10.2. The van der Waals surface area contributed by atoms with E-state index in [9.17, 15) is 4.39 Å². The number of ether oxygens (including phenoxy) is 1. The van der Waals surface area contributed by atoms with Crippen LogP contribution in [0.5, 0.6) is 5.88 Å². The number of fused-ring (bicyclic) bond motifs is 1. The fourth-order valence-corrected chi connectivity index (χ4v) is 4.24. The molecule has 1 aliphatic heterocycles. The van der Waals surface area contributed by atoms with Gasteiger partial charge in [-0.3, -0.25) is 0 Å². The average molecular weight is 386 g/mol. The van der Waals surface area contributed by atoms with Crippen molar-refractivity contribution in [2.24, 2.45) is 0 Å². The number of imidazole rings is 1. The summed E-state index contributed by atoms with van der Waals surface area (Å²) in [7, 11) is 0. The van der Waals surface area contributed by atoms with Gasteiger partial charge in [-0.15, -0.1) is 5.10 Å². The van der Waals surface area contributed by atoms with Crippen molar-refractivity contribution >= 4 is 28.8 Å². The van der Waals surface area contributed by atoms with Crippen LogP contribution in [0, 0.1) is 5.82 Å². The minimum atomic E-state index is -0.285. The quantitative estimate of drug-likeness (QED) is 0.668.